The van der Waals surface area contributed by atoms with Gasteiger partial charge in [-0.1, -0.05) is 18.1 Å². The highest BCUT2D eigenvalue weighted by molar-refractivity contribution is 5.74. The molecule has 4 fully saturated rings. The number of nitrogens with zero attached hydrogens (tertiary/aromatic N) is 6. The zero-order chi connectivity index (χ0) is 26.6. The number of nitrogens with two attached hydrogens (primary N) is 1. The van der Waals surface area contributed by atoms with E-state index in [0.29, 0.717) is 41.6 Å². The lowest BCUT2D eigenvalue weighted by Gasteiger charge is -2.46. The summed E-state index contributed by atoms with van der Waals surface area (Å²) in [4.78, 5) is 11.5. The molecule has 3 saturated heterocycles. The molecule has 9 nitrogen and oxygen atoms in total. The Morgan fingerprint density at radius 3 is 2.51 bits per heavy atom. The maximum atomic E-state index is 10.5. The van der Waals surface area contributed by atoms with Crippen LogP contribution in [0.4, 0.5) is 17.2 Å². The van der Waals surface area contributed by atoms with Crippen LogP contribution in [0.1, 0.15) is 31.4 Å². The molecule has 0 amide bonds. The van der Waals surface area contributed by atoms with Gasteiger partial charge in [-0.2, -0.15) is 0 Å². The van der Waals surface area contributed by atoms with Crippen molar-refractivity contribution in [2.75, 3.05) is 48.3 Å². The second-order valence-corrected chi connectivity index (χ2v) is 11.4. The molecule has 1 saturated carbocycles. The molecule has 2 atom stereocenters. The van der Waals surface area contributed by atoms with Crippen LogP contribution in [0.3, 0.4) is 0 Å². The van der Waals surface area contributed by atoms with Crippen LogP contribution in [0.25, 0.3) is 11.3 Å². The first-order valence-electron chi connectivity index (χ1n) is 13.8. The summed E-state index contributed by atoms with van der Waals surface area (Å²) in [5, 5.41) is 29.3. The van der Waals surface area contributed by atoms with Crippen molar-refractivity contribution in [3.05, 3.63) is 54.4 Å². The third kappa shape index (κ3) is 4.54. The van der Waals surface area contributed by atoms with Gasteiger partial charge in [0.2, 0.25) is 0 Å². The van der Waals surface area contributed by atoms with E-state index in [2.05, 4.69) is 53.9 Å². The summed E-state index contributed by atoms with van der Waals surface area (Å²) >= 11 is 0. The highest BCUT2D eigenvalue weighted by Gasteiger charge is 2.51. The van der Waals surface area contributed by atoms with Crippen LogP contribution in [-0.4, -0.2) is 80.7 Å². The molecule has 2 bridgehead atoms. The number of phenolic OH excluding ortho intramolecular Hbond substituents is 1. The minimum absolute atomic E-state index is 0.175. The zero-order valence-corrected chi connectivity index (χ0v) is 21.9. The fourth-order valence-corrected chi connectivity index (χ4v) is 6.60. The number of para-hydroxylation sites is 1. The Morgan fingerprint density at radius 2 is 1.77 bits per heavy atom. The Kier molecular flexibility index (Phi) is 5.83. The van der Waals surface area contributed by atoms with Crippen LogP contribution in [-0.2, 0) is 0 Å². The minimum Gasteiger partial charge on any atom is -0.507 e. The molecular weight excluding hydrogens is 490 g/mol. The lowest BCUT2D eigenvalue weighted by molar-refractivity contribution is -0.107. The summed E-state index contributed by atoms with van der Waals surface area (Å²) < 4.78 is 0. The van der Waals surface area contributed by atoms with Crippen molar-refractivity contribution in [2.45, 2.75) is 43.4 Å². The fraction of sp³-hybridized carbons (Fsp3) is 0.433. The molecule has 1 aliphatic carbocycles. The van der Waals surface area contributed by atoms with Gasteiger partial charge in [0.25, 0.3) is 0 Å². The second kappa shape index (κ2) is 9.40. The lowest BCUT2D eigenvalue weighted by Crippen LogP contribution is -2.62. The molecule has 7 rings (SSSR count). The first kappa shape index (κ1) is 24.2. The van der Waals surface area contributed by atoms with E-state index in [4.69, 9.17) is 5.73 Å². The number of phenols is 1. The third-order valence-electron chi connectivity index (χ3n) is 8.70. The predicted octanol–water partition coefficient (Wildman–Crippen LogP) is 2.49. The van der Waals surface area contributed by atoms with Crippen molar-refractivity contribution in [3.8, 4) is 28.8 Å². The molecule has 39 heavy (non-hydrogen) atoms. The van der Waals surface area contributed by atoms with Gasteiger partial charge in [0.15, 0.2) is 5.82 Å². The maximum absolute atomic E-state index is 10.5. The van der Waals surface area contributed by atoms with Gasteiger partial charge in [-0.25, -0.2) is 4.98 Å². The Morgan fingerprint density at radius 1 is 1.00 bits per heavy atom. The molecule has 200 valence electrons. The number of aliphatic hydroxyl groups is 1. The zero-order valence-electron chi connectivity index (χ0n) is 21.9. The number of aromatic nitrogens is 3. The molecule has 1 aromatic carbocycles. The predicted molar refractivity (Wildman–Crippen MR) is 150 cm³/mol. The number of hydrogen-bond donors (Lipinski definition) is 3. The molecule has 0 spiro atoms. The number of rotatable bonds is 5. The van der Waals surface area contributed by atoms with Crippen molar-refractivity contribution >= 4 is 17.2 Å². The van der Waals surface area contributed by atoms with Crippen LogP contribution in [0.15, 0.2) is 48.7 Å². The summed E-state index contributed by atoms with van der Waals surface area (Å²) in [5.74, 6) is 7.58. The van der Waals surface area contributed by atoms with E-state index in [1.165, 1.54) is 0 Å². The summed E-state index contributed by atoms with van der Waals surface area (Å²) in [6, 6.07) is 14.0. The van der Waals surface area contributed by atoms with Crippen LogP contribution in [0.5, 0.6) is 5.75 Å². The fourth-order valence-electron chi connectivity index (χ4n) is 6.60. The molecule has 4 aliphatic rings. The van der Waals surface area contributed by atoms with Crippen LogP contribution >= 0.6 is 0 Å². The van der Waals surface area contributed by atoms with E-state index in [1.54, 1.807) is 12.1 Å². The molecule has 0 radical (unpaired) electrons. The SMILES string of the molecule is Nc1nnc(-c2ccccc2O)cc1N1CC2CCC(C1)N2c1ccnc(C#CCN2CC(O)(C3CC3)C2)c1. The molecule has 2 aromatic heterocycles. The average Bonchev–Trinajstić information content (AvgIpc) is 3.74. The highest BCUT2D eigenvalue weighted by atomic mass is 16.3. The number of anilines is 3. The van der Waals surface area contributed by atoms with E-state index in [9.17, 15) is 10.2 Å². The van der Waals surface area contributed by atoms with Gasteiger partial charge in [0.05, 0.1) is 23.5 Å². The van der Waals surface area contributed by atoms with Gasteiger partial charge in [0.1, 0.15) is 11.4 Å². The molecule has 9 heteroatoms. The molecule has 5 heterocycles. The van der Waals surface area contributed by atoms with Crippen LogP contribution < -0.4 is 15.5 Å². The second-order valence-electron chi connectivity index (χ2n) is 11.4. The number of β-amino-alcohol motifs (C(OH)–C–C–N with tert-alkyl or cyclic N) is 1. The molecule has 2 unspecified atom stereocenters. The van der Waals surface area contributed by atoms with Crippen molar-refractivity contribution in [2.24, 2.45) is 5.92 Å². The summed E-state index contributed by atoms with van der Waals surface area (Å²) in [6.07, 6.45) is 6.39. The lowest BCUT2D eigenvalue weighted by atomic mass is 9.89. The highest BCUT2D eigenvalue weighted by Crippen LogP contribution is 2.44. The first-order valence-corrected chi connectivity index (χ1v) is 13.8. The number of piperazine rings is 1. The number of nitrogen functional groups attached to an aromatic ring is 1. The van der Waals surface area contributed by atoms with E-state index in [1.807, 2.05) is 24.4 Å². The first-order chi connectivity index (χ1) is 19.0. The van der Waals surface area contributed by atoms with Gasteiger partial charge in [-0.3, -0.25) is 4.90 Å². The summed E-state index contributed by atoms with van der Waals surface area (Å²) in [7, 11) is 0. The number of benzene rings is 1. The molecule has 4 N–H and O–H groups in total. The Labute approximate surface area is 228 Å². The van der Waals surface area contributed by atoms with E-state index >= 15 is 0 Å². The average molecular weight is 524 g/mol. The largest absolute Gasteiger partial charge is 0.507 e. The van der Waals surface area contributed by atoms with Crippen LogP contribution in [0.2, 0.25) is 0 Å². The molecule has 3 aromatic rings. The van der Waals surface area contributed by atoms with Gasteiger partial charge in [-0.05, 0) is 67.9 Å². The smallest absolute Gasteiger partial charge is 0.169 e. The Bertz CT molecular complexity index is 1440. The number of fused-ring (bicyclic) bond motifs is 2. The summed E-state index contributed by atoms with van der Waals surface area (Å²) in [6.45, 7) is 3.79. The number of likely N-dealkylation sites (tertiary alicyclic amines) is 1. The van der Waals surface area contributed by atoms with Gasteiger partial charge in [-0.15, -0.1) is 10.2 Å². The Balaban J connectivity index is 1.05. The molecule has 3 aliphatic heterocycles. The molecular formula is C30H33N7O2. The van der Waals surface area contributed by atoms with Gasteiger partial charge < -0.3 is 25.7 Å². The number of hydrogen-bond acceptors (Lipinski definition) is 9. The van der Waals surface area contributed by atoms with E-state index in [0.717, 1.165) is 68.9 Å². The van der Waals surface area contributed by atoms with E-state index < -0.39 is 5.60 Å². The van der Waals surface area contributed by atoms with E-state index in [-0.39, 0.29) is 5.75 Å². The van der Waals surface area contributed by atoms with Gasteiger partial charge >= 0.3 is 0 Å². The number of pyridine rings is 1. The topological polar surface area (TPSA) is 115 Å². The van der Waals surface area contributed by atoms with Crippen LogP contribution in [0, 0.1) is 17.8 Å². The monoisotopic (exact) mass is 523 g/mol. The summed E-state index contributed by atoms with van der Waals surface area (Å²) in [5.41, 5.74) is 9.88. The van der Waals surface area contributed by atoms with Crippen molar-refractivity contribution in [1.82, 2.24) is 20.1 Å². The maximum Gasteiger partial charge on any atom is 0.169 e. The number of aromatic hydroxyl groups is 1. The normalized spacial score (nSPS) is 23.7. The van der Waals surface area contributed by atoms with Crippen molar-refractivity contribution < 1.29 is 10.2 Å². The minimum atomic E-state index is -0.469. The van der Waals surface area contributed by atoms with Crippen molar-refractivity contribution in [1.29, 1.82) is 0 Å². The van der Waals surface area contributed by atoms with Crippen molar-refractivity contribution in [3.63, 3.8) is 0 Å². The Hall–Kier alpha value is -3.87. The standard InChI is InChI=1S/C30H33N7O2/c31-29-27(15-26(33-34-29)25-5-1-2-6-28(25)38)36-16-23-9-10-24(17-36)37(23)22-11-12-32-21(14-22)4-3-13-35-18-30(39,19-35)20-7-8-20/h1-2,5-6,11-12,14-15,20,23-24,38-39H,7-10,13,16-19H2,(H2,31,34). The quantitative estimate of drug-likeness (QED) is 0.434. The third-order valence-corrected chi connectivity index (χ3v) is 8.70. The van der Waals surface area contributed by atoms with Gasteiger partial charge in [0, 0.05) is 55.7 Å².